The molecule has 2 aromatic rings. The Morgan fingerprint density at radius 2 is 2.00 bits per heavy atom. The van der Waals surface area contributed by atoms with E-state index in [1.54, 1.807) is 17.4 Å². The van der Waals surface area contributed by atoms with Crippen molar-refractivity contribution in [3.05, 3.63) is 57.0 Å². The number of thiophene rings is 1. The Labute approximate surface area is 157 Å². The van der Waals surface area contributed by atoms with Gasteiger partial charge >= 0.3 is 0 Å². The molecule has 0 bridgehead atoms. The van der Waals surface area contributed by atoms with Gasteiger partial charge in [-0.1, -0.05) is 30.7 Å². The highest BCUT2D eigenvalue weighted by molar-refractivity contribution is 7.16. The van der Waals surface area contributed by atoms with Gasteiger partial charge in [-0.15, -0.1) is 11.3 Å². The lowest BCUT2D eigenvalue weighted by atomic mass is 9.99. The van der Waals surface area contributed by atoms with E-state index in [9.17, 15) is 9.18 Å². The first-order valence-corrected chi connectivity index (χ1v) is 9.70. The van der Waals surface area contributed by atoms with E-state index in [-0.39, 0.29) is 17.6 Å². The standard InChI is InChI=1S/C19H22ClFN2OS/c1-14(11-15-3-2-4-16(21)12-15)19(24)23-9-7-22(8-10-23)13-17-5-6-18(20)25-17/h2-6,12,14H,7-11,13H2,1H3. The van der Waals surface area contributed by atoms with Crippen molar-refractivity contribution in [1.82, 2.24) is 9.80 Å². The quantitative estimate of drug-likeness (QED) is 0.780. The van der Waals surface area contributed by atoms with Crippen molar-refractivity contribution < 1.29 is 9.18 Å². The molecule has 3 rings (SSSR count). The smallest absolute Gasteiger partial charge is 0.225 e. The minimum atomic E-state index is -0.251. The van der Waals surface area contributed by atoms with Crippen LogP contribution in [0.25, 0.3) is 0 Å². The summed E-state index contributed by atoms with van der Waals surface area (Å²) in [4.78, 5) is 18.2. The summed E-state index contributed by atoms with van der Waals surface area (Å²) < 4.78 is 14.1. The summed E-state index contributed by atoms with van der Waals surface area (Å²) in [6, 6.07) is 10.5. The van der Waals surface area contributed by atoms with Gasteiger partial charge in [0.25, 0.3) is 0 Å². The van der Waals surface area contributed by atoms with Crippen LogP contribution in [0, 0.1) is 11.7 Å². The van der Waals surface area contributed by atoms with E-state index < -0.39 is 0 Å². The maximum Gasteiger partial charge on any atom is 0.225 e. The third-order valence-electron chi connectivity index (χ3n) is 4.54. The molecule has 1 fully saturated rings. The van der Waals surface area contributed by atoms with Gasteiger partial charge in [0.15, 0.2) is 0 Å². The van der Waals surface area contributed by atoms with Crippen LogP contribution in [0.1, 0.15) is 17.4 Å². The van der Waals surface area contributed by atoms with Crippen molar-refractivity contribution in [2.75, 3.05) is 26.2 Å². The minimum absolute atomic E-state index is 0.135. The first kappa shape index (κ1) is 18.4. The second-order valence-electron chi connectivity index (χ2n) is 6.54. The molecule has 1 saturated heterocycles. The van der Waals surface area contributed by atoms with E-state index in [2.05, 4.69) is 11.0 Å². The third-order valence-corrected chi connectivity index (χ3v) is 5.76. The summed E-state index contributed by atoms with van der Waals surface area (Å²) in [5.74, 6) is -0.230. The van der Waals surface area contributed by atoms with E-state index >= 15 is 0 Å². The van der Waals surface area contributed by atoms with Gasteiger partial charge < -0.3 is 4.90 Å². The van der Waals surface area contributed by atoms with Crippen molar-refractivity contribution in [2.24, 2.45) is 5.92 Å². The fourth-order valence-corrected chi connectivity index (χ4v) is 4.33. The molecule has 1 aliphatic rings. The molecule has 1 amide bonds. The number of amides is 1. The Bertz CT molecular complexity index is 728. The first-order valence-electron chi connectivity index (χ1n) is 8.51. The molecule has 0 aliphatic carbocycles. The van der Waals surface area contributed by atoms with E-state index in [4.69, 9.17) is 11.6 Å². The fourth-order valence-electron chi connectivity index (χ4n) is 3.20. The number of rotatable bonds is 5. The summed E-state index contributed by atoms with van der Waals surface area (Å²) in [6.07, 6.45) is 0.574. The summed E-state index contributed by atoms with van der Waals surface area (Å²) in [7, 11) is 0. The maximum atomic E-state index is 13.3. The van der Waals surface area contributed by atoms with Crippen molar-refractivity contribution in [1.29, 1.82) is 0 Å². The van der Waals surface area contributed by atoms with Gasteiger partial charge in [0, 0.05) is 43.5 Å². The molecule has 1 aromatic heterocycles. The molecule has 6 heteroatoms. The van der Waals surface area contributed by atoms with E-state index in [0.29, 0.717) is 6.42 Å². The van der Waals surface area contributed by atoms with Crippen LogP contribution < -0.4 is 0 Å². The van der Waals surface area contributed by atoms with Gasteiger partial charge in [0.05, 0.1) is 4.34 Å². The Morgan fingerprint density at radius 1 is 1.24 bits per heavy atom. The van der Waals surface area contributed by atoms with Crippen molar-refractivity contribution >= 4 is 28.8 Å². The molecule has 0 N–H and O–H groups in total. The number of piperazine rings is 1. The largest absolute Gasteiger partial charge is 0.340 e. The number of benzene rings is 1. The molecular formula is C19H22ClFN2OS. The summed E-state index contributed by atoms with van der Waals surface area (Å²) in [5.41, 5.74) is 0.870. The highest BCUT2D eigenvalue weighted by Gasteiger charge is 2.25. The third kappa shape index (κ3) is 5.03. The summed E-state index contributed by atoms with van der Waals surface area (Å²) in [5, 5.41) is 0. The molecule has 1 unspecified atom stereocenters. The Balaban J connectivity index is 1.49. The SMILES string of the molecule is CC(Cc1cccc(F)c1)C(=O)N1CCN(Cc2ccc(Cl)s2)CC1. The maximum absolute atomic E-state index is 13.3. The van der Waals surface area contributed by atoms with Crippen LogP contribution in [0.3, 0.4) is 0 Å². The van der Waals surface area contributed by atoms with Crippen LogP contribution in [0.2, 0.25) is 4.34 Å². The zero-order chi connectivity index (χ0) is 17.8. The number of hydrogen-bond donors (Lipinski definition) is 0. The van der Waals surface area contributed by atoms with Crippen LogP contribution in [0.5, 0.6) is 0 Å². The number of halogens is 2. The molecule has 0 spiro atoms. The molecular weight excluding hydrogens is 359 g/mol. The van der Waals surface area contributed by atoms with Crippen LogP contribution in [-0.2, 0) is 17.8 Å². The van der Waals surface area contributed by atoms with Crippen molar-refractivity contribution in [2.45, 2.75) is 19.9 Å². The zero-order valence-corrected chi connectivity index (χ0v) is 15.8. The van der Waals surface area contributed by atoms with E-state index in [1.165, 1.54) is 17.0 Å². The van der Waals surface area contributed by atoms with Gasteiger partial charge in [-0.25, -0.2) is 4.39 Å². The molecule has 1 aliphatic heterocycles. The predicted molar refractivity (Wildman–Crippen MR) is 100 cm³/mol. The lowest BCUT2D eigenvalue weighted by Gasteiger charge is -2.35. The van der Waals surface area contributed by atoms with Crippen LogP contribution in [0.15, 0.2) is 36.4 Å². The molecule has 1 aromatic carbocycles. The molecule has 2 heterocycles. The number of nitrogens with zero attached hydrogens (tertiary/aromatic N) is 2. The normalized spacial score (nSPS) is 16.8. The van der Waals surface area contributed by atoms with Crippen molar-refractivity contribution in [3.63, 3.8) is 0 Å². The number of carbonyl (C=O) groups excluding carboxylic acids is 1. The minimum Gasteiger partial charge on any atom is -0.340 e. The Hall–Kier alpha value is -1.43. The average Bonchev–Trinajstić information content (AvgIpc) is 3.00. The van der Waals surface area contributed by atoms with Crippen LogP contribution >= 0.6 is 22.9 Å². The van der Waals surface area contributed by atoms with Gasteiger partial charge in [0.2, 0.25) is 5.91 Å². The molecule has 25 heavy (non-hydrogen) atoms. The van der Waals surface area contributed by atoms with Gasteiger partial charge in [-0.2, -0.15) is 0 Å². The first-order chi connectivity index (χ1) is 12.0. The summed E-state index contributed by atoms with van der Waals surface area (Å²) in [6.45, 7) is 6.03. The van der Waals surface area contributed by atoms with Gasteiger partial charge in [0.1, 0.15) is 5.82 Å². The molecule has 0 saturated carbocycles. The lowest BCUT2D eigenvalue weighted by Crippen LogP contribution is -2.49. The zero-order valence-electron chi connectivity index (χ0n) is 14.3. The highest BCUT2D eigenvalue weighted by Crippen LogP contribution is 2.23. The van der Waals surface area contributed by atoms with E-state index in [1.807, 2.05) is 24.0 Å². The number of hydrogen-bond acceptors (Lipinski definition) is 3. The molecule has 134 valence electrons. The fraction of sp³-hybridized carbons (Fsp3) is 0.421. The summed E-state index contributed by atoms with van der Waals surface area (Å²) >= 11 is 7.59. The van der Waals surface area contributed by atoms with Crippen molar-refractivity contribution in [3.8, 4) is 0 Å². The predicted octanol–water partition coefficient (Wildman–Crippen LogP) is 4.06. The monoisotopic (exact) mass is 380 g/mol. The lowest BCUT2D eigenvalue weighted by molar-refractivity contribution is -0.136. The molecule has 1 atom stereocenters. The van der Waals surface area contributed by atoms with Crippen LogP contribution in [-0.4, -0.2) is 41.9 Å². The topological polar surface area (TPSA) is 23.6 Å². The van der Waals surface area contributed by atoms with Gasteiger partial charge in [-0.05, 0) is 36.2 Å². The molecule has 0 radical (unpaired) electrons. The van der Waals surface area contributed by atoms with Crippen LogP contribution in [0.4, 0.5) is 4.39 Å². The molecule has 3 nitrogen and oxygen atoms in total. The highest BCUT2D eigenvalue weighted by atomic mass is 35.5. The average molecular weight is 381 g/mol. The van der Waals surface area contributed by atoms with E-state index in [0.717, 1.165) is 42.6 Å². The Kier molecular flexibility index (Phi) is 6.10. The second-order valence-corrected chi connectivity index (χ2v) is 8.34. The number of carbonyl (C=O) groups is 1. The van der Waals surface area contributed by atoms with Gasteiger partial charge in [-0.3, -0.25) is 9.69 Å². The second kappa shape index (κ2) is 8.30. The Morgan fingerprint density at radius 3 is 2.64 bits per heavy atom.